The maximum Gasteiger partial charge on any atom is 0.193 e. The average molecular weight is 450 g/mol. The van der Waals surface area contributed by atoms with Crippen molar-refractivity contribution >= 4 is 22.8 Å². The molecule has 1 heterocycles. The summed E-state index contributed by atoms with van der Waals surface area (Å²) in [7, 11) is 0. The van der Waals surface area contributed by atoms with E-state index in [1.165, 1.54) is 16.7 Å². The van der Waals surface area contributed by atoms with Crippen LogP contribution in [0.4, 0.5) is 17.1 Å². The van der Waals surface area contributed by atoms with E-state index < -0.39 is 5.41 Å². The van der Waals surface area contributed by atoms with Crippen LogP contribution in [0.3, 0.4) is 0 Å². The van der Waals surface area contributed by atoms with Crippen LogP contribution in [0.2, 0.25) is 0 Å². The van der Waals surface area contributed by atoms with Crippen LogP contribution in [0.25, 0.3) is 0 Å². The number of rotatable bonds is 1. The van der Waals surface area contributed by atoms with Crippen molar-refractivity contribution in [3.05, 3.63) is 160 Å². The van der Waals surface area contributed by atoms with Crippen molar-refractivity contribution < 1.29 is 4.79 Å². The first-order chi connectivity index (χ1) is 17.2. The Balaban J connectivity index is 1.68. The van der Waals surface area contributed by atoms with Gasteiger partial charge in [-0.25, -0.2) is 0 Å². The zero-order valence-corrected chi connectivity index (χ0v) is 19.4. The topological polar surface area (TPSA) is 20.3 Å². The van der Waals surface area contributed by atoms with Gasteiger partial charge in [0, 0.05) is 16.8 Å². The molecule has 0 fully saturated rings. The van der Waals surface area contributed by atoms with Crippen molar-refractivity contribution in [3.8, 4) is 0 Å². The minimum absolute atomic E-state index is 0.0953. The molecule has 1 spiro atoms. The normalized spacial score (nSPS) is 14.7. The van der Waals surface area contributed by atoms with Crippen molar-refractivity contribution in [2.24, 2.45) is 0 Å². The van der Waals surface area contributed by atoms with Gasteiger partial charge >= 0.3 is 0 Å². The molecule has 0 atom stereocenters. The van der Waals surface area contributed by atoms with Gasteiger partial charge in [-0.2, -0.15) is 0 Å². The maximum atomic E-state index is 13.7. The van der Waals surface area contributed by atoms with Crippen molar-refractivity contribution in [2.75, 3.05) is 4.90 Å². The summed E-state index contributed by atoms with van der Waals surface area (Å²) in [5.74, 6) is 0.0953. The number of anilines is 3. The fourth-order valence-corrected chi connectivity index (χ4v) is 6.18. The van der Waals surface area contributed by atoms with Gasteiger partial charge in [0.1, 0.15) is 0 Å². The number of nitrogens with zero attached hydrogens (tertiary/aromatic N) is 1. The summed E-state index contributed by atoms with van der Waals surface area (Å²) < 4.78 is 0. The van der Waals surface area contributed by atoms with Crippen LogP contribution in [0.1, 0.15) is 43.7 Å². The fraction of sp³-hybridized carbons (Fsp3) is 0.0606. The molecule has 0 N–H and O–H groups in total. The monoisotopic (exact) mass is 449 g/mol. The fourth-order valence-electron chi connectivity index (χ4n) is 6.18. The van der Waals surface area contributed by atoms with E-state index in [0.717, 1.165) is 39.3 Å². The van der Waals surface area contributed by atoms with Gasteiger partial charge in [0.25, 0.3) is 0 Å². The van der Waals surface area contributed by atoms with E-state index in [1.54, 1.807) is 0 Å². The summed E-state index contributed by atoms with van der Waals surface area (Å²) in [6.45, 7) is 2.13. The summed E-state index contributed by atoms with van der Waals surface area (Å²) in [6.07, 6.45) is 0. The molecule has 166 valence electrons. The number of hydrogen-bond donors (Lipinski definition) is 0. The molecule has 1 aliphatic carbocycles. The SMILES string of the molecule is Cc1cccc(N2c3ccccc3C3(c4ccccc4C(=O)c4ccccc43)c3ccccc32)c1. The second-order valence-electron chi connectivity index (χ2n) is 9.38. The first-order valence-corrected chi connectivity index (χ1v) is 12.0. The Morgan fingerprint density at radius 1 is 0.543 bits per heavy atom. The lowest BCUT2D eigenvalue weighted by molar-refractivity contribution is 0.103. The van der Waals surface area contributed by atoms with Gasteiger partial charge in [-0.1, -0.05) is 97.1 Å². The molecule has 1 aliphatic heterocycles. The molecular formula is C33H23NO. The van der Waals surface area contributed by atoms with Crippen LogP contribution >= 0.6 is 0 Å². The van der Waals surface area contributed by atoms with Crippen molar-refractivity contribution in [3.63, 3.8) is 0 Å². The molecule has 2 aliphatic rings. The quantitative estimate of drug-likeness (QED) is 0.256. The van der Waals surface area contributed by atoms with Gasteiger partial charge in [0.2, 0.25) is 0 Å². The summed E-state index contributed by atoms with van der Waals surface area (Å²) in [5.41, 5.74) is 10.1. The molecule has 5 aromatic rings. The number of ketones is 1. The highest BCUT2D eigenvalue weighted by molar-refractivity contribution is 6.14. The third-order valence-electron chi connectivity index (χ3n) is 7.51. The van der Waals surface area contributed by atoms with E-state index in [1.807, 2.05) is 24.3 Å². The lowest BCUT2D eigenvalue weighted by Gasteiger charge is -2.48. The molecular weight excluding hydrogens is 426 g/mol. The number of para-hydroxylation sites is 2. The Kier molecular flexibility index (Phi) is 4.16. The molecule has 0 unspecified atom stereocenters. The van der Waals surface area contributed by atoms with E-state index in [-0.39, 0.29) is 5.78 Å². The first kappa shape index (κ1) is 20.0. The second-order valence-corrected chi connectivity index (χ2v) is 9.38. The molecule has 2 heteroatoms. The Labute approximate surface area is 205 Å². The number of carbonyl (C=O) groups excluding carboxylic acids is 1. The largest absolute Gasteiger partial charge is 0.310 e. The molecule has 7 rings (SSSR count). The average Bonchev–Trinajstić information content (AvgIpc) is 2.91. The van der Waals surface area contributed by atoms with Gasteiger partial charge in [-0.3, -0.25) is 4.79 Å². The van der Waals surface area contributed by atoms with E-state index in [0.29, 0.717) is 0 Å². The first-order valence-electron chi connectivity index (χ1n) is 12.0. The molecule has 35 heavy (non-hydrogen) atoms. The highest BCUT2D eigenvalue weighted by Crippen LogP contribution is 2.60. The molecule has 2 nitrogen and oxygen atoms in total. The lowest BCUT2D eigenvalue weighted by atomic mass is 9.57. The summed E-state index contributed by atoms with van der Waals surface area (Å²) >= 11 is 0. The van der Waals surface area contributed by atoms with Gasteiger partial charge in [0.15, 0.2) is 5.78 Å². The third kappa shape index (κ3) is 2.57. The molecule has 0 amide bonds. The van der Waals surface area contributed by atoms with E-state index >= 15 is 0 Å². The van der Waals surface area contributed by atoms with Crippen molar-refractivity contribution in [2.45, 2.75) is 12.3 Å². The third-order valence-corrected chi connectivity index (χ3v) is 7.51. The lowest BCUT2D eigenvalue weighted by Crippen LogP contribution is -2.42. The van der Waals surface area contributed by atoms with Crippen LogP contribution in [0.5, 0.6) is 0 Å². The Hall–Kier alpha value is -4.43. The Morgan fingerprint density at radius 3 is 1.57 bits per heavy atom. The van der Waals surface area contributed by atoms with E-state index in [9.17, 15) is 4.79 Å². The number of benzene rings is 5. The molecule has 5 aromatic carbocycles. The minimum Gasteiger partial charge on any atom is -0.310 e. The second kappa shape index (κ2) is 7.28. The predicted octanol–water partition coefficient (Wildman–Crippen LogP) is 7.71. The van der Waals surface area contributed by atoms with Crippen LogP contribution in [-0.4, -0.2) is 5.78 Å². The van der Waals surface area contributed by atoms with Crippen LogP contribution in [-0.2, 0) is 5.41 Å². The molecule has 0 radical (unpaired) electrons. The van der Waals surface area contributed by atoms with Gasteiger partial charge in [-0.05, 0) is 59.0 Å². The Morgan fingerprint density at radius 2 is 1.03 bits per heavy atom. The molecule has 0 bridgehead atoms. The number of hydrogen-bond acceptors (Lipinski definition) is 2. The van der Waals surface area contributed by atoms with Crippen LogP contribution in [0.15, 0.2) is 121 Å². The van der Waals surface area contributed by atoms with Gasteiger partial charge in [-0.15, -0.1) is 0 Å². The van der Waals surface area contributed by atoms with Gasteiger partial charge < -0.3 is 4.90 Å². The number of carbonyl (C=O) groups is 1. The zero-order chi connectivity index (χ0) is 23.6. The molecule has 0 aromatic heterocycles. The van der Waals surface area contributed by atoms with E-state index in [4.69, 9.17) is 0 Å². The smallest absolute Gasteiger partial charge is 0.193 e. The summed E-state index contributed by atoms with van der Waals surface area (Å²) in [6, 6.07) is 42.3. The highest BCUT2D eigenvalue weighted by atomic mass is 16.1. The van der Waals surface area contributed by atoms with Crippen LogP contribution < -0.4 is 4.90 Å². The van der Waals surface area contributed by atoms with Crippen LogP contribution in [0, 0.1) is 6.92 Å². The molecule has 0 saturated heterocycles. The Bertz CT molecular complexity index is 1550. The van der Waals surface area contributed by atoms with Crippen molar-refractivity contribution in [1.29, 1.82) is 0 Å². The summed E-state index contributed by atoms with van der Waals surface area (Å²) in [4.78, 5) is 16.0. The highest BCUT2D eigenvalue weighted by Gasteiger charge is 2.51. The zero-order valence-electron chi connectivity index (χ0n) is 19.4. The number of aryl methyl sites for hydroxylation is 1. The predicted molar refractivity (Wildman–Crippen MR) is 141 cm³/mol. The summed E-state index contributed by atoms with van der Waals surface area (Å²) in [5, 5.41) is 0. The van der Waals surface area contributed by atoms with Crippen molar-refractivity contribution in [1.82, 2.24) is 0 Å². The molecule has 0 saturated carbocycles. The van der Waals surface area contributed by atoms with E-state index in [2.05, 4.69) is 109 Å². The van der Waals surface area contributed by atoms with Gasteiger partial charge in [0.05, 0.1) is 16.8 Å². The standard InChI is InChI=1S/C33H23NO/c1-22-11-10-12-23(21-22)34-30-19-8-6-17-28(30)33(29-18-7-9-20-31(29)34)26-15-4-2-13-24(26)32(35)25-14-3-5-16-27(25)33/h2-21H,1H3. The maximum absolute atomic E-state index is 13.7. The minimum atomic E-state index is -0.589. The number of fused-ring (bicyclic) bond motifs is 8.